The normalized spacial score (nSPS) is 10.7. The molecule has 8 heteroatoms. The summed E-state index contributed by atoms with van der Waals surface area (Å²) in [5.41, 5.74) is 1.51. The molecule has 1 N–H and O–H groups in total. The third kappa shape index (κ3) is 5.08. The zero-order valence-electron chi connectivity index (χ0n) is 16.0. The summed E-state index contributed by atoms with van der Waals surface area (Å²) in [6.07, 6.45) is 0. The van der Waals surface area contributed by atoms with Crippen molar-refractivity contribution in [3.05, 3.63) is 54.4 Å². The van der Waals surface area contributed by atoms with E-state index < -0.39 is 0 Å². The summed E-state index contributed by atoms with van der Waals surface area (Å²) in [4.78, 5) is 18.4. The van der Waals surface area contributed by atoms with E-state index >= 15 is 0 Å². The summed E-state index contributed by atoms with van der Waals surface area (Å²) in [7, 11) is 5.00. The first-order valence-electron chi connectivity index (χ1n) is 8.67. The fraction of sp³-hybridized carbons (Fsp3) is 0.250. The lowest BCUT2D eigenvalue weighted by atomic mass is 10.2. The summed E-state index contributed by atoms with van der Waals surface area (Å²) < 4.78 is 15.6. The Morgan fingerprint density at radius 3 is 2.57 bits per heavy atom. The Labute approximate surface area is 163 Å². The van der Waals surface area contributed by atoms with Crippen LogP contribution in [-0.4, -0.2) is 48.8 Å². The van der Waals surface area contributed by atoms with E-state index in [0.29, 0.717) is 29.7 Å². The minimum absolute atomic E-state index is 0.148. The molecule has 1 aromatic heterocycles. The maximum Gasteiger partial charge on any atom is 0.241 e. The maximum atomic E-state index is 12.2. The van der Waals surface area contributed by atoms with Crippen molar-refractivity contribution in [2.75, 3.05) is 33.1 Å². The average molecular weight is 382 g/mol. The maximum absolute atomic E-state index is 12.2. The minimum Gasteiger partial charge on any atom is -0.497 e. The molecule has 146 valence electrons. The highest BCUT2D eigenvalue weighted by Gasteiger charge is 2.13. The van der Waals surface area contributed by atoms with E-state index in [1.165, 1.54) is 0 Å². The lowest BCUT2D eigenvalue weighted by molar-refractivity contribution is -0.117. The first kappa shape index (κ1) is 19.4. The largest absolute Gasteiger partial charge is 0.497 e. The SMILES string of the molecule is COc1ccc(-c2noc(CN(C)CC(=O)Nc3cccc(OC)c3)n2)cc1. The molecule has 0 unspecified atom stereocenters. The summed E-state index contributed by atoms with van der Waals surface area (Å²) in [5, 5.41) is 6.83. The van der Waals surface area contributed by atoms with Crippen molar-refractivity contribution in [1.29, 1.82) is 0 Å². The molecule has 8 nitrogen and oxygen atoms in total. The number of benzene rings is 2. The van der Waals surface area contributed by atoms with Crippen LogP contribution in [0, 0.1) is 0 Å². The Morgan fingerprint density at radius 1 is 1.11 bits per heavy atom. The van der Waals surface area contributed by atoms with Gasteiger partial charge in [-0.3, -0.25) is 9.69 Å². The molecule has 0 spiro atoms. The van der Waals surface area contributed by atoms with E-state index in [2.05, 4.69) is 15.5 Å². The van der Waals surface area contributed by atoms with Gasteiger partial charge in [-0.1, -0.05) is 11.2 Å². The van der Waals surface area contributed by atoms with Crippen molar-refractivity contribution < 1.29 is 18.8 Å². The second kappa shape index (κ2) is 9.01. The van der Waals surface area contributed by atoms with Gasteiger partial charge in [0.15, 0.2) is 0 Å². The number of methoxy groups -OCH3 is 2. The summed E-state index contributed by atoms with van der Waals surface area (Å²) in [5.74, 6) is 2.22. The molecule has 0 radical (unpaired) electrons. The number of carbonyl (C=O) groups is 1. The van der Waals surface area contributed by atoms with Crippen LogP contribution in [0.5, 0.6) is 11.5 Å². The average Bonchev–Trinajstić information content (AvgIpc) is 3.16. The Kier molecular flexibility index (Phi) is 6.23. The molecule has 1 heterocycles. The van der Waals surface area contributed by atoms with Crippen molar-refractivity contribution in [2.24, 2.45) is 0 Å². The molecular formula is C20H22N4O4. The van der Waals surface area contributed by atoms with E-state index in [1.807, 2.05) is 43.4 Å². The van der Waals surface area contributed by atoms with Gasteiger partial charge < -0.3 is 19.3 Å². The number of nitrogens with one attached hydrogen (secondary N) is 1. The fourth-order valence-electron chi connectivity index (χ4n) is 2.61. The quantitative estimate of drug-likeness (QED) is 0.641. The van der Waals surface area contributed by atoms with Crippen LogP contribution >= 0.6 is 0 Å². The number of likely N-dealkylation sites (N-methyl/N-ethyl adjacent to an activating group) is 1. The predicted octanol–water partition coefficient (Wildman–Crippen LogP) is 2.82. The van der Waals surface area contributed by atoms with Crippen LogP contribution in [0.15, 0.2) is 53.1 Å². The third-order valence-corrected chi connectivity index (χ3v) is 3.99. The van der Waals surface area contributed by atoms with Crippen molar-refractivity contribution >= 4 is 11.6 Å². The second-order valence-corrected chi connectivity index (χ2v) is 6.19. The number of anilines is 1. The second-order valence-electron chi connectivity index (χ2n) is 6.19. The van der Waals surface area contributed by atoms with Crippen molar-refractivity contribution in [1.82, 2.24) is 15.0 Å². The van der Waals surface area contributed by atoms with Crippen LogP contribution in [0.2, 0.25) is 0 Å². The number of hydrogen-bond acceptors (Lipinski definition) is 7. The lowest BCUT2D eigenvalue weighted by Gasteiger charge is -2.14. The molecule has 0 fully saturated rings. The number of carbonyl (C=O) groups excluding carboxylic acids is 1. The Bertz CT molecular complexity index is 924. The molecule has 0 aliphatic heterocycles. The van der Waals surface area contributed by atoms with Gasteiger partial charge in [0, 0.05) is 17.3 Å². The topological polar surface area (TPSA) is 89.7 Å². The number of aromatic nitrogens is 2. The van der Waals surface area contributed by atoms with Crippen molar-refractivity contribution in [3.63, 3.8) is 0 Å². The zero-order chi connectivity index (χ0) is 19.9. The molecule has 0 atom stereocenters. The van der Waals surface area contributed by atoms with Gasteiger partial charge in [-0.25, -0.2) is 0 Å². The number of amides is 1. The highest BCUT2D eigenvalue weighted by atomic mass is 16.5. The third-order valence-electron chi connectivity index (χ3n) is 3.99. The van der Waals surface area contributed by atoms with Gasteiger partial charge in [0.2, 0.25) is 17.6 Å². The van der Waals surface area contributed by atoms with E-state index in [-0.39, 0.29) is 12.5 Å². The number of nitrogens with zero attached hydrogens (tertiary/aromatic N) is 3. The molecule has 2 aromatic carbocycles. The van der Waals surface area contributed by atoms with Gasteiger partial charge in [0.1, 0.15) is 11.5 Å². The highest BCUT2D eigenvalue weighted by molar-refractivity contribution is 5.92. The number of hydrogen-bond donors (Lipinski definition) is 1. The fourth-order valence-corrected chi connectivity index (χ4v) is 2.61. The predicted molar refractivity (Wildman–Crippen MR) is 104 cm³/mol. The Balaban J connectivity index is 1.55. The molecule has 1 amide bonds. The standard InChI is InChI=1S/C20H22N4O4/c1-24(12-18(25)21-15-5-4-6-17(11-15)27-3)13-19-22-20(23-28-19)14-7-9-16(26-2)10-8-14/h4-11H,12-13H2,1-3H3,(H,21,25). The van der Waals surface area contributed by atoms with Gasteiger partial charge >= 0.3 is 0 Å². The Hall–Kier alpha value is -3.39. The Morgan fingerprint density at radius 2 is 1.86 bits per heavy atom. The van der Waals surface area contributed by atoms with Gasteiger partial charge in [-0.15, -0.1) is 0 Å². The van der Waals surface area contributed by atoms with Gasteiger partial charge in [0.05, 0.1) is 27.3 Å². The monoisotopic (exact) mass is 382 g/mol. The van der Waals surface area contributed by atoms with E-state index in [4.69, 9.17) is 14.0 Å². The molecule has 0 saturated heterocycles. The molecular weight excluding hydrogens is 360 g/mol. The molecule has 0 aliphatic rings. The summed E-state index contributed by atoms with van der Waals surface area (Å²) in [6, 6.07) is 14.6. The van der Waals surface area contributed by atoms with E-state index in [9.17, 15) is 4.79 Å². The molecule has 0 aliphatic carbocycles. The van der Waals surface area contributed by atoms with Crippen LogP contribution < -0.4 is 14.8 Å². The minimum atomic E-state index is -0.148. The van der Waals surface area contributed by atoms with E-state index in [0.717, 1.165) is 11.3 Å². The molecule has 3 rings (SSSR count). The number of rotatable bonds is 8. The van der Waals surface area contributed by atoms with Gasteiger partial charge in [-0.2, -0.15) is 4.98 Å². The molecule has 3 aromatic rings. The molecule has 28 heavy (non-hydrogen) atoms. The summed E-state index contributed by atoms with van der Waals surface area (Å²) in [6.45, 7) is 0.534. The van der Waals surface area contributed by atoms with Crippen LogP contribution in [0.4, 0.5) is 5.69 Å². The van der Waals surface area contributed by atoms with Crippen LogP contribution in [0.25, 0.3) is 11.4 Å². The lowest BCUT2D eigenvalue weighted by Crippen LogP contribution is -2.29. The zero-order valence-corrected chi connectivity index (χ0v) is 16.0. The molecule has 0 saturated carbocycles. The van der Waals surface area contributed by atoms with Crippen LogP contribution in [0.1, 0.15) is 5.89 Å². The van der Waals surface area contributed by atoms with E-state index in [1.54, 1.807) is 31.3 Å². The summed E-state index contributed by atoms with van der Waals surface area (Å²) >= 11 is 0. The highest BCUT2D eigenvalue weighted by Crippen LogP contribution is 2.20. The first-order valence-corrected chi connectivity index (χ1v) is 8.67. The van der Waals surface area contributed by atoms with Crippen molar-refractivity contribution in [2.45, 2.75) is 6.54 Å². The van der Waals surface area contributed by atoms with Crippen LogP contribution in [-0.2, 0) is 11.3 Å². The van der Waals surface area contributed by atoms with Gasteiger partial charge in [-0.05, 0) is 43.4 Å². The van der Waals surface area contributed by atoms with Crippen molar-refractivity contribution in [3.8, 4) is 22.9 Å². The smallest absolute Gasteiger partial charge is 0.241 e. The van der Waals surface area contributed by atoms with Crippen LogP contribution in [0.3, 0.4) is 0 Å². The number of ether oxygens (including phenoxy) is 2. The van der Waals surface area contributed by atoms with Gasteiger partial charge in [0.25, 0.3) is 0 Å². The molecule has 0 bridgehead atoms. The first-order chi connectivity index (χ1) is 13.6.